The molecule has 0 aliphatic rings. The summed E-state index contributed by atoms with van der Waals surface area (Å²) in [4.78, 5) is 22.7. The average Bonchev–Trinajstić information content (AvgIpc) is 2.40. The highest BCUT2D eigenvalue weighted by atomic mass is 79.9. The lowest BCUT2D eigenvalue weighted by Crippen LogP contribution is -2.35. The van der Waals surface area contributed by atoms with E-state index >= 15 is 0 Å². The van der Waals surface area contributed by atoms with Gasteiger partial charge in [0.05, 0.1) is 12.8 Å². The standard InChI is InChI=1S/C13H16BrF3O4/c1-3-5-9(4-2)20-11(18)6-7-12(19)21-10(8-14)13(15,16)17/h9-10H,4,6-8H2,1-2H3. The minimum atomic E-state index is -4.65. The maximum absolute atomic E-state index is 12.4. The van der Waals surface area contributed by atoms with Crippen molar-refractivity contribution in [2.75, 3.05) is 5.33 Å². The van der Waals surface area contributed by atoms with Gasteiger partial charge in [0.25, 0.3) is 0 Å². The average molecular weight is 373 g/mol. The van der Waals surface area contributed by atoms with Gasteiger partial charge in [-0.15, -0.1) is 5.92 Å². The molecular formula is C13H16BrF3O4. The molecule has 0 amide bonds. The number of rotatable bonds is 7. The van der Waals surface area contributed by atoms with Crippen molar-refractivity contribution in [3.8, 4) is 11.8 Å². The van der Waals surface area contributed by atoms with Crippen molar-refractivity contribution in [1.82, 2.24) is 0 Å². The zero-order chi connectivity index (χ0) is 16.5. The Morgan fingerprint density at radius 1 is 1.19 bits per heavy atom. The fourth-order valence-corrected chi connectivity index (χ4v) is 1.70. The van der Waals surface area contributed by atoms with Gasteiger partial charge in [-0.2, -0.15) is 13.2 Å². The van der Waals surface area contributed by atoms with E-state index in [1.807, 2.05) is 0 Å². The van der Waals surface area contributed by atoms with E-state index in [0.717, 1.165) is 0 Å². The Kier molecular flexibility index (Phi) is 9.09. The smallest absolute Gasteiger partial charge is 0.426 e. The largest absolute Gasteiger partial charge is 0.452 e. The van der Waals surface area contributed by atoms with Crippen molar-refractivity contribution in [3.63, 3.8) is 0 Å². The van der Waals surface area contributed by atoms with Crippen LogP contribution in [0.2, 0.25) is 0 Å². The van der Waals surface area contributed by atoms with Crippen molar-refractivity contribution in [2.24, 2.45) is 0 Å². The normalized spacial score (nSPS) is 13.6. The summed E-state index contributed by atoms with van der Waals surface area (Å²) < 4.78 is 46.3. The first-order valence-electron chi connectivity index (χ1n) is 6.18. The lowest BCUT2D eigenvalue weighted by Gasteiger charge is -2.18. The maximum atomic E-state index is 12.4. The van der Waals surface area contributed by atoms with E-state index in [4.69, 9.17) is 4.74 Å². The van der Waals surface area contributed by atoms with Gasteiger partial charge >= 0.3 is 18.1 Å². The lowest BCUT2D eigenvalue weighted by molar-refractivity contribution is -0.214. The number of carbonyl (C=O) groups excluding carboxylic acids is 2. The molecule has 0 bridgehead atoms. The van der Waals surface area contributed by atoms with Crippen LogP contribution in [-0.4, -0.2) is 35.7 Å². The van der Waals surface area contributed by atoms with Crippen LogP contribution in [0.15, 0.2) is 0 Å². The fourth-order valence-electron chi connectivity index (χ4n) is 1.20. The summed E-state index contributed by atoms with van der Waals surface area (Å²) in [5, 5.41) is -0.559. The number of hydrogen-bond donors (Lipinski definition) is 0. The first-order chi connectivity index (χ1) is 9.74. The number of carbonyl (C=O) groups is 2. The maximum Gasteiger partial charge on any atom is 0.426 e. The van der Waals surface area contributed by atoms with Gasteiger partial charge in [0.15, 0.2) is 6.10 Å². The third kappa shape index (κ3) is 8.60. The molecule has 0 N–H and O–H groups in total. The molecule has 21 heavy (non-hydrogen) atoms. The van der Waals surface area contributed by atoms with Gasteiger partial charge in [-0.25, -0.2) is 0 Å². The van der Waals surface area contributed by atoms with Crippen LogP contribution in [0, 0.1) is 11.8 Å². The molecule has 2 unspecified atom stereocenters. The Morgan fingerprint density at radius 2 is 1.71 bits per heavy atom. The predicted molar refractivity (Wildman–Crippen MR) is 72.6 cm³/mol. The van der Waals surface area contributed by atoms with E-state index < -0.39 is 42.1 Å². The second kappa shape index (κ2) is 9.66. The van der Waals surface area contributed by atoms with Crippen LogP contribution in [-0.2, 0) is 19.1 Å². The quantitative estimate of drug-likeness (QED) is 0.391. The van der Waals surface area contributed by atoms with Crippen molar-refractivity contribution >= 4 is 27.9 Å². The zero-order valence-electron chi connectivity index (χ0n) is 11.6. The van der Waals surface area contributed by atoms with Gasteiger partial charge < -0.3 is 9.47 Å². The highest BCUT2D eigenvalue weighted by molar-refractivity contribution is 9.09. The Morgan fingerprint density at radius 3 is 2.10 bits per heavy atom. The lowest BCUT2D eigenvalue weighted by atomic mass is 10.2. The molecule has 8 heteroatoms. The van der Waals surface area contributed by atoms with Crippen LogP contribution in [0.5, 0.6) is 0 Å². The number of alkyl halides is 4. The van der Waals surface area contributed by atoms with Crippen molar-refractivity contribution in [3.05, 3.63) is 0 Å². The van der Waals surface area contributed by atoms with Gasteiger partial charge in [0.1, 0.15) is 0 Å². The molecule has 0 aromatic rings. The Bertz CT molecular complexity index is 412. The molecular weight excluding hydrogens is 357 g/mol. The molecule has 0 saturated carbocycles. The minimum Gasteiger partial charge on any atom is -0.452 e. The molecule has 2 atom stereocenters. The summed E-state index contributed by atoms with van der Waals surface area (Å²) in [6.07, 6.45) is -7.80. The Hall–Kier alpha value is -1.23. The van der Waals surface area contributed by atoms with Crippen LogP contribution in [0.4, 0.5) is 13.2 Å². The summed E-state index contributed by atoms with van der Waals surface area (Å²) in [6.45, 7) is 3.35. The third-order valence-electron chi connectivity index (χ3n) is 2.26. The molecule has 0 radical (unpaired) electrons. The summed E-state index contributed by atoms with van der Waals surface area (Å²) in [5.74, 6) is 3.43. The van der Waals surface area contributed by atoms with E-state index in [1.165, 1.54) is 0 Å². The summed E-state index contributed by atoms with van der Waals surface area (Å²) in [5.41, 5.74) is 0. The molecule has 0 aliphatic heterocycles. The summed E-state index contributed by atoms with van der Waals surface area (Å²) >= 11 is 2.62. The Labute approximate surface area is 129 Å². The van der Waals surface area contributed by atoms with Crippen LogP contribution in [0.25, 0.3) is 0 Å². The topological polar surface area (TPSA) is 52.6 Å². The molecule has 0 fully saturated rings. The number of esters is 2. The van der Waals surface area contributed by atoms with E-state index in [0.29, 0.717) is 6.42 Å². The highest BCUT2D eigenvalue weighted by Gasteiger charge is 2.42. The van der Waals surface area contributed by atoms with Crippen molar-refractivity contribution in [2.45, 2.75) is 51.5 Å². The first kappa shape index (κ1) is 19.8. The number of ether oxygens (including phenoxy) is 2. The molecule has 0 aliphatic carbocycles. The van der Waals surface area contributed by atoms with Crippen molar-refractivity contribution < 1.29 is 32.2 Å². The van der Waals surface area contributed by atoms with Crippen LogP contribution >= 0.6 is 15.9 Å². The van der Waals surface area contributed by atoms with E-state index in [9.17, 15) is 22.8 Å². The summed E-state index contributed by atoms with van der Waals surface area (Å²) in [7, 11) is 0. The number of hydrogen-bond acceptors (Lipinski definition) is 4. The molecule has 0 rings (SSSR count). The van der Waals surface area contributed by atoms with Gasteiger partial charge in [0, 0.05) is 5.33 Å². The van der Waals surface area contributed by atoms with Gasteiger partial charge in [-0.1, -0.05) is 28.8 Å². The zero-order valence-corrected chi connectivity index (χ0v) is 13.2. The monoisotopic (exact) mass is 372 g/mol. The van der Waals surface area contributed by atoms with E-state index in [-0.39, 0.29) is 6.42 Å². The molecule has 120 valence electrons. The van der Waals surface area contributed by atoms with Gasteiger partial charge in [-0.3, -0.25) is 9.59 Å². The van der Waals surface area contributed by atoms with E-state index in [2.05, 4.69) is 32.5 Å². The van der Waals surface area contributed by atoms with Crippen LogP contribution in [0.1, 0.15) is 33.1 Å². The Balaban J connectivity index is 4.23. The van der Waals surface area contributed by atoms with Gasteiger partial charge in [0.2, 0.25) is 6.10 Å². The van der Waals surface area contributed by atoms with E-state index in [1.54, 1.807) is 13.8 Å². The molecule has 0 spiro atoms. The van der Waals surface area contributed by atoms with Crippen LogP contribution < -0.4 is 0 Å². The predicted octanol–water partition coefficient (Wildman–Crippen LogP) is 2.98. The van der Waals surface area contributed by atoms with Crippen molar-refractivity contribution in [1.29, 1.82) is 0 Å². The molecule has 0 aromatic carbocycles. The SMILES string of the molecule is CC#CC(CC)OC(=O)CCC(=O)OC(CBr)C(F)(F)F. The minimum absolute atomic E-state index is 0.354. The van der Waals surface area contributed by atoms with Crippen LogP contribution in [0.3, 0.4) is 0 Å². The summed E-state index contributed by atoms with van der Waals surface area (Å²) in [6, 6.07) is 0. The second-order valence-electron chi connectivity index (χ2n) is 3.96. The molecule has 0 aromatic heterocycles. The van der Waals surface area contributed by atoms with Gasteiger partial charge in [-0.05, 0) is 13.3 Å². The molecule has 0 saturated heterocycles. The third-order valence-corrected chi connectivity index (χ3v) is 2.85. The highest BCUT2D eigenvalue weighted by Crippen LogP contribution is 2.24. The first-order valence-corrected chi connectivity index (χ1v) is 7.30. The second-order valence-corrected chi connectivity index (χ2v) is 4.60. The number of halogens is 4. The molecule has 0 heterocycles. The fraction of sp³-hybridized carbons (Fsp3) is 0.692. The molecule has 4 nitrogen and oxygen atoms in total.